The Morgan fingerprint density at radius 3 is 1.96 bits per heavy atom. The monoisotopic (exact) mass is 395 g/mol. The van der Waals surface area contributed by atoms with Gasteiger partial charge in [-0.3, -0.25) is 0 Å². The van der Waals surface area contributed by atoms with E-state index in [9.17, 15) is 4.39 Å². The summed E-state index contributed by atoms with van der Waals surface area (Å²) in [4.78, 5) is 12.7. The van der Waals surface area contributed by atoms with Gasteiger partial charge in [-0.25, -0.2) is 9.37 Å². The van der Waals surface area contributed by atoms with Gasteiger partial charge in [-0.05, 0) is 34.9 Å². The second-order valence-corrected chi connectivity index (χ2v) is 6.51. The van der Waals surface area contributed by atoms with Gasteiger partial charge in [0.15, 0.2) is 11.6 Å². The van der Waals surface area contributed by atoms with Crippen LogP contribution in [0.1, 0.15) is 0 Å². The van der Waals surface area contributed by atoms with Crippen molar-refractivity contribution in [3.8, 4) is 33.9 Å². The highest BCUT2D eigenvalue weighted by atomic mass is 35.5. The Bertz CT molecular complexity index is 1100. The van der Waals surface area contributed by atoms with Gasteiger partial charge in [0.1, 0.15) is 5.82 Å². The van der Waals surface area contributed by atoms with Crippen LogP contribution in [0.5, 0.6) is 0 Å². The number of benzene rings is 3. The quantitative estimate of drug-likeness (QED) is 0.407. The van der Waals surface area contributed by atoms with E-state index in [1.165, 1.54) is 6.07 Å². The SMILES string of the molecule is Fc1cccc(-c2nc(Cl)nc(-c3ccc(-c4ccccc4)cc3)n2)c1Cl. The van der Waals surface area contributed by atoms with Gasteiger partial charge in [0, 0.05) is 11.1 Å². The number of nitrogens with zero attached hydrogens (tertiary/aromatic N) is 3. The molecule has 0 unspecified atom stereocenters. The number of aromatic nitrogens is 3. The molecule has 0 fully saturated rings. The van der Waals surface area contributed by atoms with Gasteiger partial charge in [0.2, 0.25) is 5.28 Å². The van der Waals surface area contributed by atoms with Gasteiger partial charge in [-0.2, -0.15) is 9.97 Å². The van der Waals surface area contributed by atoms with Gasteiger partial charge in [0.25, 0.3) is 0 Å². The van der Waals surface area contributed by atoms with E-state index in [-0.39, 0.29) is 16.1 Å². The predicted octanol–water partition coefficient (Wildman–Crippen LogP) is 6.32. The maximum absolute atomic E-state index is 13.8. The molecule has 0 saturated carbocycles. The zero-order valence-corrected chi connectivity index (χ0v) is 15.4. The molecule has 6 heteroatoms. The molecule has 3 nitrogen and oxygen atoms in total. The maximum atomic E-state index is 13.8. The number of hydrogen-bond acceptors (Lipinski definition) is 3. The van der Waals surface area contributed by atoms with Crippen molar-refractivity contribution in [3.05, 3.63) is 88.9 Å². The fraction of sp³-hybridized carbons (Fsp3) is 0. The maximum Gasteiger partial charge on any atom is 0.226 e. The lowest BCUT2D eigenvalue weighted by Gasteiger charge is -2.07. The van der Waals surface area contributed by atoms with Crippen molar-refractivity contribution in [3.63, 3.8) is 0 Å². The Kier molecular flexibility index (Phi) is 4.84. The highest BCUT2D eigenvalue weighted by molar-refractivity contribution is 6.33. The van der Waals surface area contributed by atoms with Gasteiger partial charge in [0.05, 0.1) is 5.02 Å². The van der Waals surface area contributed by atoms with Crippen molar-refractivity contribution < 1.29 is 4.39 Å². The van der Waals surface area contributed by atoms with Crippen molar-refractivity contribution in [2.45, 2.75) is 0 Å². The van der Waals surface area contributed by atoms with Crippen molar-refractivity contribution >= 4 is 23.2 Å². The Morgan fingerprint density at radius 1 is 0.593 bits per heavy atom. The zero-order valence-electron chi connectivity index (χ0n) is 13.9. The fourth-order valence-electron chi connectivity index (χ4n) is 2.72. The molecule has 3 aromatic carbocycles. The molecule has 0 aliphatic rings. The summed E-state index contributed by atoms with van der Waals surface area (Å²) in [5, 5.41) is -0.0346. The average Bonchev–Trinajstić information content (AvgIpc) is 2.70. The third-order valence-electron chi connectivity index (χ3n) is 4.05. The van der Waals surface area contributed by atoms with Crippen molar-refractivity contribution in [1.82, 2.24) is 15.0 Å². The summed E-state index contributed by atoms with van der Waals surface area (Å²) < 4.78 is 13.8. The molecule has 132 valence electrons. The van der Waals surface area contributed by atoms with E-state index in [0.29, 0.717) is 11.4 Å². The lowest BCUT2D eigenvalue weighted by atomic mass is 10.0. The smallest absolute Gasteiger partial charge is 0.208 e. The summed E-state index contributed by atoms with van der Waals surface area (Å²) in [6, 6.07) is 22.3. The van der Waals surface area contributed by atoms with Crippen molar-refractivity contribution in [2.75, 3.05) is 0 Å². The Labute approximate surface area is 165 Å². The Balaban J connectivity index is 1.74. The third kappa shape index (κ3) is 3.68. The van der Waals surface area contributed by atoms with E-state index < -0.39 is 5.82 Å². The van der Waals surface area contributed by atoms with E-state index in [4.69, 9.17) is 23.2 Å². The molecule has 1 aromatic heterocycles. The van der Waals surface area contributed by atoms with E-state index in [1.807, 2.05) is 54.6 Å². The minimum absolute atomic E-state index is 0.0162. The van der Waals surface area contributed by atoms with Crippen LogP contribution in [0.15, 0.2) is 72.8 Å². The standard InChI is InChI=1S/C21H12Cl2FN3/c22-18-16(7-4-8-17(18)24)20-25-19(26-21(23)27-20)15-11-9-14(10-12-15)13-5-2-1-3-6-13/h1-12H. The molecule has 0 aliphatic heterocycles. The fourth-order valence-corrected chi connectivity index (χ4v) is 3.09. The molecule has 0 amide bonds. The third-order valence-corrected chi connectivity index (χ3v) is 4.60. The zero-order chi connectivity index (χ0) is 18.8. The first-order chi connectivity index (χ1) is 13.1. The van der Waals surface area contributed by atoms with Crippen LogP contribution >= 0.6 is 23.2 Å². The van der Waals surface area contributed by atoms with E-state index in [2.05, 4.69) is 15.0 Å². The normalized spacial score (nSPS) is 10.8. The lowest BCUT2D eigenvalue weighted by Crippen LogP contribution is -1.98. The first-order valence-electron chi connectivity index (χ1n) is 8.13. The van der Waals surface area contributed by atoms with Gasteiger partial charge in [-0.15, -0.1) is 0 Å². The second kappa shape index (κ2) is 7.43. The summed E-state index contributed by atoms with van der Waals surface area (Å²) >= 11 is 12.1. The van der Waals surface area contributed by atoms with Crippen LogP contribution in [0.3, 0.4) is 0 Å². The summed E-state index contributed by atoms with van der Waals surface area (Å²) in [5.41, 5.74) is 3.33. The minimum atomic E-state index is -0.542. The Hall–Kier alpha value is -2.82. The van der Waals surface area contributed by atoms with Gasteiger partial charge < -0.3 is 0 Å². The van der Waals surface area contributed by atoms with Crippen LogP contribution in [-0.2, 0) is 0 Å². The summed E-state index contributed by atoms with van der Waals surface area (Å²) in [7, 11) is 0. The van der Waals surface area contributed by atoms with E-state index in [1.54, 1.807) is 12.1 Å². The molecule has 0 saturated heterocycles. The molecule has 4 rings (SSSR count). The van der Waals surface area contributed by atoms with Crippen LogP contribution in [0.2, 0.25) is 10.3 Å². The molecule has 0 atom stereocenters. The van der Waals surface area contributed by atoms with Crippen molar-refractivity contribution in [2.24, 2.45) is 0 Å². The first kappa shape index (κ1) is 17.6. The van der Waals surface area contributed by atoms with Gasteiger partial charge in [-0.1, -0.05) is 72.3 Å². The molecular formula is C21H12Cl2FN3. The molecule has 27 heavy (non-hydrogen) atoms. The van der Waals surface area contributed by atoms with E-state index in [0.717, 1.165) is 16.7 Å². The summed E-state index contributed by atoms with van der Waals surface area (Å²) in [6.45, 7) is 0. The van der Waals surface area contributed by atoms with Crippen LogP contribution < -0.4 is 0 Å². The van der Waals surface area contributed by atoms with Crippen molar-refractivity contribution in [1.29, 1.82) is 0 Å². The van der Waals surface area contributed by atoms with Crippen LogP contribution in [0, 0.1) is 5.82 Å². The second-order valence-electron chi connectivity index (χ2n) is 5.80. The number of halogens is 3. The molecule has 4 aromatic rings. The average molecular weight is 396 g/mol. The van der Waals surface area contributed by atoms with Crippen LogP contribution in [0.4, 0.5) is 4.39 Å². The Morgan fingerprint density at radius 2 is 1.22 bits per heavy atom. The first-order valence-corrected chi connectivity index (χ1v) is 8.89. The highest BCUT2D eigenvalue weighted by Crippen LogP contribution is 2.30. The van der Waals surface area contributed by atoms with Crippen LogP contribution in [-0.4, -0.2) is 15.0 Å². The highest BCUT2D eigenvalue weighted by Gasteiger charge is 2.14. The predicted molar refractivity (Wildman–Crippen MR) is 106 cm³/mol. The lowest BCUT2D eigenvalue weighted by molar-refractivity contribution is 0.628. The summed E-state index contributed by atoms with van der Waals surface area (Å²) in [6.07, 6.45) is 0. The molecule has 0 bridgehead atoms. The minimum Gasteiger partial charge on any atom is -0.208 e. The van der Waals surface area contributed by atoms with Gasteiger partial charge >= 0.3 is 0 Å². The van der Waals surface area contributed by atoms with E-state index >= 15 is 0 Å². The molecule has 1 heterocycles. The topological polar surface area (TPSA) is 38.7 Å². The largest absolute Gasteiger partial charge is 0.226 e. The molecule has 0 spiro atoms. The number of rotatable bonds is 3. The molecular weight excluding hydrogens is 384 g/mol. The van der Waals surface area contributed by atoms with Crippen LogP contribution in [0.25, 0.3) is 33.9 Å². The molecule has 0 radical (unpaired) electrons. The number of hydrogen-bond donors (Lipinski definition) is 0. The molecule has 0 aliphatic carbocycles. The molecule has 0 N–H and O–H groups in total. The summed E-state index contributed by atoms with van der Waals surface area (Å²) in [5.74, 6) is 0.0750.